The zero-order valence-electron chi connectivity index (χ0n) is 12.3. The molecule has 1 fully saturated rings. The highest BCUT2D eigenvalue weighted by molar-refractivity contribution is 5.93. The molecule has 112 valence electrons. The molecular weight excluding hydrogens is 264 g/mol. The van der Waals surface area contributed by atoms with Crippen LogP contribution in [0.1, 0.15) is 38.5 Å². The molecule has 0 saturated carbocycles. The molecule has 1 N–H and O–H groups in total. The fourth-order valence-corrected chi connectivity index (χ4v) is 3.09. The first-order chi connectivity index (χ1) is 10.3. The summed E-state index contributed by atoms with van der Waals surface area (Å²) in [6.45, 7) is 1.80. The van der Waals surface area contributed by atoms with Gasteiger partial charge in [0.15, 0.2) is 5.82 Å². The summed E-state index contributed by atoms with van der Waals surface area (Å²) in [6, 6.07) is 4.08. The number of carbonyl (C=O) groups excluding carboxylic acids is 1. The second-order valence-corrected chi connectivity index (χ2v) is 5.82. The maximum atomic E-state index is 12.3. The lowest BCUT2D eigenvalue weighted by Crippen LogP contribution is -2.48. The number of amides is 1. The molecule has 0 spiro atoms. The number of aromatic nitrogens is 2. The van der Waals surface area contributed by atoms with Crippen molar-refractivity contribution in [2.24, 2.45) is 0 Å². The number of rotatable bonds is 3. The van der Waals surface area contributed by atoms with Gasteiger partial charge in [-0.05, 0) is 50.7 Å². The zero-order valence-corrected chi connectivity index (χ0v) is 12.3. The standard InChI is InChI=1S/C16H22N4O/c21-16(13-6-2-1-3-7-13)18-14-8-5-11-20(12-14)15-9-4-10-17-19-15/h4,6,9-10,14H,1-3,5,7-8,11-12H2,(H,18,21)/t14-/m0/s1. The van der Waals surface area contributed by atoms with Gasteiger partial charge in [-0.25, -0.2) is 0 Å². The molecule has 5 nitrogen and oxygen atoms in total. The minimum Gasteiger partial charge on any atom is -0.353 e. The van der Waals surface area contributed by atoms with Crippen molar-refractivity contribution in [1.29, 1.82) is 0 Å². The van der Waals surface area contributed by atoms with Crippen molar-refractivity contribution in [2.45, 2.75) is 44.6 Å². The average molecular weight is 286 g/mol. The van der Waals surface area contributed by atoms with Crippen LogP contribution in [-0.2, 0) is 4.79 Å². The summed E-state index contributed by atoms with van der Waals surface area (Å²) in [5.74, 6) is 1.02. The number of piperidine rings is 1. The highest BCUT2D eigenvalue weighted by Crippen LogP contribution is 2.20. The number of hydrogen-bond acceptors (Lipinski definition) is 4. The van der Waals surface area contributed by atoms with Gasteiger partial charge in [-0.2, -0.15) is 5.10 Å². The van der Waals surface area contributed by atoms with Crippen LogP contribution in [0.5, 0.6) is 0 Å². The van der Waals surface area contributed by atoms with Crippen LogP contribution in [0.4, 0.5) is 5.82 Å². The number of hydrogen-bond donors (Lipinski definition) is 1. The minimum atomic E-state index is 0.126. The Balaban J connectivity index is 1.59. The molecular formula is C16H22N4O. The lowest BCUT2D eigenvalue weighted by Gasteiger charge is -2.33. The number of nitrogens with one attached hydrogen (secondary N) is 1. The van der Waals surface area contributed by atoms with E-state index < -0.39 is 0 Å². The Labute approximate surface area is 125 Å². The van der Waals surface area contributed by atoms with Crippen LogP contribution >= 0.6 is 0 Å². The molecule has 5 heteroatoms. The second-order valence-electron chi connectivity index (χ2n) is 5.82. The van der Waals surface area contributed by atoms with Crippen LogP contribution < -0.4 is 10.2 Å². The van der Waals surface area contributed by atoms with E-state index in [-0.39, 0.29) is 11.9 Å². The van der Waals surface area contributed by atoms with Crippen molar-refractivity contribution < 1.29 is 4.79 Å². The lowest BCUT2D eigenvalue weighted by molar-refractivity contribution is -0.118. The van der Waals surface area contributed by atoms with Crippen molar-refractivity contribution >= 4 is 11.7 Å². The largest absolute Gasteiger partial charge is 0.353 e. The van der Waals surface area contributed by atoms with Crippen LogP contribution in [0.15, 0.2) is 30.0 Å². The molecule has 1 aliphatic carbocycles. The summed E-state index contributed by atoms with van der Waals surface area (Å²) in [6.07, 6.45) is 10.2. The van der Waals surface area contributed by atoms with E-state index in [0.717, 1.165) is 56.6 Å². The van der Waals surface area contributed by atoms with Crippen LogP contribution in [0.25, 0.3) is 0 Å². The molecule has 1 amide bonds. The Morgan fingerprint density at radius 3 is 3.05 bits per heavy atom. The minimum absolute atomic E-state index is 0.126. The highest BCUT2D eigenvalue weighted by Gasteiger charge is 2.23. The van der Waals surface area contributed by atoms with Crippen LogP contribution in [0, 0.1) is 0 Å². The summed E-state index contributed by atoms with van der Waals surface area (Å²) in [5, 5.41) is 11.3. The van der Waals surface area contributed by atoms with Gasteiger partial charge < -0.3 is 10.2 Å². The third-order valence-electron chi connectivity index (χ3n) is 4.22. The molecule has 1 saturated heterocycles. The Bertz CT molecular complexity index is 514. The van der Waals surface area contributed by atoms with E-state index in [1.165, 1.54) is 6.42 Å². The van der Waals surface area contributed by atoms with Gasteiger partial charge in [-0.3, -0.25) is 4.79 Å². The average Bonchev–Trinajstić information content (AvgIpc) is 2.57. The monoisotopic (exact) mass is 286 g/mol. The summed E-state index contributed by atoms with van der Waals surface area (Å²) in [7, 11) is 0. The molecule has 1 aromatic rings. The molecule has 0 unspecified atom stereocenters. The van der Waals surface area contributed by atoms with E-state index in [9.17, 15) is 4.79 Å². The van der Waals surface area contributed by atoms with E-state index in [4.69, 9.17) is 0 Å². The Morgan fingerprint density at radius 1 is 1.33 bits per heavy atom. The van der Waals surface area contributed by atoms with Gasteiger partial charge in [-0.15, -0.1) is 5.10 Å². The molecule has 0 aromatic carbocycles. The molecule has 1 aromatic heterocycles. The van der Waals surface area contributed by atoms with E-state index in [1.54, 1.807) is 6.20 Å². The van der Waals surface area contributed by atoms with Gasteiger partial charge in [-0.1, -0.05) is 6.08 Å². The summed E-state index contributed by atoms with van der Waals surface area (Å²) >= 11 is 0. The number of allylic oxidation sites excluding steroid dienone is 1. The van der Waals surface area contributed by atoms with Gasteiger partial charge in [0, 0.05) is 30.9 Å². The van der Waals surface area contributed by atoms with Gasteiger partial charge in [0.05, 0.1) is 0 Å². The lowest BCUT2D eigenvalue weighted by atomic mass is 9.98. The topological polar surface area (TPSA) is 58.1 Å². The molecule has 0 bridgehead atoms. The number of nitrogens with zero attached hydrogens (tertiary/aromatic N) is 3. The van der Waals surface area contributed by atoms with Crippen LogP contribution in [0.3, 0.4) is 0 Å². The van der Waals surface area contributed by atoms with Crippen LogP contribution in [0.2, 0.25) is 0 Å². The highest BCUT2D eigenvalue weighted by atomic mass is 16.1. The van der Waals surface area contributed by atoms with Crippen molar-refractivity contribution in [2.75, 3.05) is 18.0 Å². The normalized spacial score (nSPS) is 22.6. The fraction of sp³-hybridized carbons (Fsp3) is 0.562. The first-order valence-corrected chi connectivity index (χ1v) is 7.85. The van der Waals surface area contributed by atoms with Gasteiger partial charge in [0.25, 0.3) is 0 Å². The SMILES string of the molecule is O=C(N[C@H]1CCCN(c2cccnn2)C1)C1=CCCCC1. The van der Waals surface area contributed by atoms with Gasteiger partial charge in [0.2, 0.25) is 5.91 Å². The zero-order chi connectivity index (χ0) is 14.5. The predicted molar refractivity (Wildman–Crippen MR) is 82.0 cm³/mol. The number of anilines is 1. The Morgan fingerprint density at radius 2 is 2.29 bits per heavy atom. The third-order valence-corrected chi connectivity index (χ3v) is 4.22. The summed E-state index contributed by atoms with van der Waals surface area (Å²) in [5.41, 5.74) is 0.970. The Hall–Kier alpha value is -1.91. The Kier molecular flexibility index (Phi) is 4.48. The van der Waals surface area contributed by atoms with E-state index >= 15 is 0 Å². The van der Waals surface area contributed by atoms with E-state index in [2.05, 4.69) is 26.5 Å². The molecule has 0 radical (unpaired) electrons. The third kappa shape index (κ3) is 3.60. The van der Waals surface area contributed by atoms with Crippen LogP contribution in [-0.4, -0.2) is 35.2 Å². The van der Waals surface area contributed by atoms with E-state index in [0.29, 0.717) is 0 Å². The molecule has 1 aliphatic heterocycles. The first-order valence-electron chi connectivity index (χ1n) is 7.85. The molecule has 21 heavy (non-hydrogen) atoms. The first kappa shape index (κ1) is 14.0. The molecule has 3 rings (SSSR count). The van der Waals surface area contributed by atoms with E-state index in [1.807, 2.05) is 12.1 Å². The molecule has 1 atom stereocenters. The smallest absolute Gasteiger partial charge is 0.247 e. The number of carbonyl (C=O) groups is 1. The van der Waals surface area contributed by atoms with Gasteiger partial charge in [0.1, 0.15) is 0 Å². The maximum absolute atomic E-state index is 12.3. The predicted octanol–water partition coefficient (Wildman–Crippen LogP) is 2.06. The maximum Gasteiger partial charge on any atom is 0.247 e. The quantitative estimate of drug-likeness (QED) is 0.924. The summed E-state index contributed by atoms with van der Waals surface area (Å²) < 4.78 is 0. The van der Waals surface area contributed by atoms with Crippen molar-refractivity contribution in [1.82, 2.24) is 15.5 Å². The molecule has 2 heterocycles. The van der Waals surface area contributed by atoms with Crippen molar-refractivity contribution in [3.63, 3.8) is 0 Å². The van der Waals surface area contributed by atoms with Crippen molar-refractivity contribution in [3.8, 4) is 0 Å². The van der Waals surface area contributed by atoms with Gasteiger partial charge >= 0.3 is 0 Å². The summed E-state index contributed by atoms with van der Waals surface area (Å²) in [4.78, 5) is 14.5. The second kappa shape index (κ2) is 6.70. The fourth-order valence-electron chi connectivity index (χ4n) is 3.09. The van der Waals surface area contributed by atoms with Crippen molar-refractivity contribution in [3.05, 3.63) is 30.0 Å². The molecule has 2 aliphatic rings.